The van der Waals surface area contributed by atoms with Crippen LogP contribution >= 0.6 is 23.1 Å². The van der Waals surface area contributed by atoms with Crippen LogP contribution in [-0.4, -0.2) is 58.2 Å². The average Bonchev–Trinajstić information content (AvgIpc) is 1.69. The zero-order valence-electron chi connectivity index (χ0n) is 71.3. The fraction of sp³-hybridized carbons (Fsp3) is 0.162. The molecule has 8 aromatic heterocycles. The van der Waals surface area contributed by atoms with Crippen LogP contribution in [0, 0.1) is 60.6 Å². The molecule has 3 aliphatic rings. The third-order valence-corrected chi connectivity index (χ3v) is 21.9. The first-order valence-corrected chi connectivity index (χ1v) is 41.6. The van der Waals surface area contributed by atoms with Gasteiger partial charge in [0.1, 0.15) is 11.3 Å². The van der Waals surface area contributed by atoms with Gasteiger partial charge in [-0.25, -0.2) is 27.1 Å². The summed E-state index contributed by atoms with van der Waals surface area (Å²) in [5.41, 5.74) is 21.1. The van der Waals surface area contributed by atoms with E-state index in [-0.39, 0.29) is 26.6 Å². The smallest absolute Gasteiger partial charge is 0.339 e. The summed E-state index contributed by atoms with van der Waals surface area (Å²) in [5.74, 6) is 0. The van der Waals surface area contributed by atoms with E-state index in [4.69, 9.17) is 0 Å². The van der Waals surface area contributed by atoms with Gasteiger partial charge in [0.25, 0.3) is 0 Å². The van der Waals surface area contributed by atoms with Crippen LogP contribution in [0.2, 0.25) is 0 Å². The van der Waals surface area contributed by atoms with E-state index in [1.807, 2.05) is 227 Å². The maximum atomic E-state index is 10.8. The Hall–Kier alpha value is -12.6. The maximum Gasteiger partial charge on any atom is 2.00 e. The number of nitrogens with zero attached hydrogens (tertiary/aromatic N) is 10. The Morgan fingerprint density at radius 2 is 1.12 bits per heavy atom. The number of rotatable bonds is 1. The number of pyridine rings is 5. The number of allylic oxidation sites excluding steroid dienone is 2. The van der Waals surface area contributed by atoms with Gasteiger partial charge in [-0.15, -0.1) is 31.3 Å². The van der Waals surface area contributed by atoms with Gasteiger partial charge in [0.15, 0.2) is 0 Å². The molecule has 12 nitrogen and oxygen atoms in total. The van der Waals surface area contributed by atoms with E-state index in [1.165, 1.54) is 98.2 Å². The molecule has 0 spiro atoms. The average molecular weight is 1790 g/mol. The van der Waals surface area contributed by atoms with Crippen molar-refractivity contribution in [2.75, 3.05) is 18.5 Å². The molecule has 120 heavy (non-hydrogen) atoms. The summed E-state index contributed by atoms with van der Waals surface area (Å²) < 4.78 is 5.50. The summed E-state index contributed by atoms with van der Waals surface area (Å²) >= 11 is 3.47. The molecule has 15 heteroatoms. The number of hydrogen-bond donors (Lipinski definition) is 1. The molecule has 21 rings (SSSR count). The van der Waals surface area contributed by atoms with Gasteiger partial charge in [-0.2, -0.15) is 12.1 Å². The minimum atomic E-state index is -0.0521. The van der Waals surface area contributed by atoms with Crippen LogP contribution in [0.25, 0.3) is 81.4 Å². The Morgan fingerprint density at radius 1 is 0.517 bits per heavy atom. The van der Waals surface area contributed by atoms with Crippen molar-refractivity contribution in [3.05, 3.63) is 422 Å². The number of anilines is 1. The molecule has 0 radical (unpaired) electrons. The van der Waals surface area contributed by atoms with Crippen molar-refractivity contribution in [1.29, 1.82) is 0 Å². The van der Waals surface area contributed by atoms with Crippen LogP contribution in [0.3, 0.4) is 0 Å². The van der Waals surface area contributed by atoms with Gasteiger partial charge in [-0.05, 0) is 185 Å². The number of H-pyrrole nitrogens is 1. The van der Waals surface area contributed by atoms with Crippen LogP contribution < -0.4 is 21.0 Å². The van der Waals surface area contributed by atoms with Crippen molar-refractivity contribution in [3.63, 3.8) is 0 Å². The van der Waals surface area contributed by atoms with Crippen molar-refractivity contribution in [2.24, 2.45) is 17.0 Å². The summed E-state index contributed by atoms with van der Waals surface area (Å²) in [6.07, 6.45) is 8.78. The van der Waals surface area contributed by atoms with Gasteiger partial charge in [-0.3, -0.25) is 24.7 Å². The van der Waals surface area contributed by atoms with Crippen LogP contribution in [0.15, 0.2) is 353 Å². The molecule has 0 saturated carbocycles. The fourth-order valence-corrected chi connectivity index (χ4v) is 14.7. The number of aryl methyl sites for hydroxylation is 7. The van der Waals surface area contributed by atoms with Crippen molar-refractivity contribution in [2.45, 2.75) is 101 Å². The number of imidazole rings is 1. The first kappa shape index (κ1) is 91.3. The predicted octanol–water partition coefficient (Wildman–Crippen LogP) is 25.1. The second-order valence-corrected chi connectivity index (χ2v) is 30.3. The topological polar surface area (TPSA) is 135 Å². The van der Waals surface area contributed by atoms with E-state index in [0.717, 1.165) is 89.9 Å². The first-order valence-electron chi connectivity index (χ1n) is 39.9. The molecule has 18 aromatic rings. The number of aliphatic imine (C=N–C) groups is 1. The summed E-state index contributed by atoms with van der Waals surface area (Å²) in [7, 11) is 4.10. The molecule has 3 aliphatic heterocycles. The number of thioether (sulfide) groups is 1. The molecule has 0 aliphatic carbocycles. The zero-order chi connectivity index (χ0) is 84.6. The van der Waals surface area contributed by atoms with Crippen molar-refractivity contribution < 1.29 is 21.1 Å². The van der Waals surface area contributed by atoms with E-state index in [9.17, 15) is 4.79 Å². The number of hydrogen-bond acceptors (Lipinski definition) is 11. The quantitative estimate of drug-likeness (QED) is 0.161. The van der Waals surface area contributed by atoms with Gasteiger partial charge in [-0.1, -0.05) is 220 Å². The number of fused-ring (bicyclic) bond motifs is 10. The van der Waals surface area contributed by atoms with Gasteiger partial charge < -0.3 is 36.1 Å². The van der Waals surface area contributed by atoms with Gasteiger partial charge in [0.2, 0.25) is 5.56 Å². The number of benzene rings is 10. The monoisotopic (exact) mass is 1780 g/mol. The van der Waals surface area contributed by atoms with E-state index in [0.29, 0.717) is 0 Å². The number of aromatic amines is 1. The molecule has 0 fully saturated rings. The fourth-order valence-electron chi connectivity index (χ4n) is 12.9. The Bertz CT molecular complexity index is 6490. The van der Waals surface area contributed by atoms with Crippen LogP contribution in [0.1, 0.15) is 97.3 Å². The van der Waals surface area contributed by atoms with E-state index >= 15 is 0 Å². The Kier molecular flexibility index (Phi) is 35.4. The largest absolute Gasteiger partial charge is 2.00 e. The van der Waals surface area contributed by atoms with E-state index in [1.54, 1.807) is 23.1 Å². The van der Waals surface area contributed by atoms with Crippen LogP contribution in [-0.2, 0) is 34.7 Å². The van der Waals surface area contributed by atoms with Crippen LogP contribution in [0.4, 0.5) is 5.69 Å². The summed E-state index contributed by atoms with van der Waals surface area (Å²) in [5, 5.41) is 13.4. The van der Waals surface area contributed by atoms with Crippen LogP contribution in [0.5, 0.6) is 0 Å². The minimum Gasteiger partial charge on any atom is -0.339 e. The zero-order valence-corrected chi connectivity index (χ0v) is 75.9. The summed E-state index contributed by atoms with van der Waals surface area (Å²) in [4.78, 5) is 47.3. The normalized spacial score (nSPS) is 11.5. The summed E-state index contributed by atoms with van der Waals surface area (Å²) in [6.45, 7) is 32.3. The third-order valence-electron chi connectivity index (χ3n) is 19.9. The molecule has 1 N–H and O–H groups in total. The van der Waals surface area contributed by atoms with Crippen molar-refractivity contribution in [1.82, 2.24) is 38.9 Å². The predicted molar refractivity (Wildman–Crippen MR) is 509 cm³/mol. The second-order valence-electron chi connectivity index (χ2n) is 27.9. The molecular weight excluding hydrogens is 1680 g/mol. The molecule has 0 saturated heterocycles. The Labute approximate surface area is 729 Å². The maximum absolute atomic E-state index is 10.8. The minimum absolute atomic E-state index is 0. The number of aromatic nitrogens is 8. The first-order chi connectivity index (χ1) is 57.8. The van der Waals surface area contributed by atoms with Gasteiger partial charge in [0, 0.05) is 105 Å². The van der Waals surface area contributed by atoms with Crippen molar-refractivity contribution >= 4 is 116 Å². The number of para-hydroxylation sites is 5. The number of nitrogens with one attached hydrogen (secondary N) is 1. The second kappa shape index (κ2) is 46.5. The molecule has 0 amide bonds. The van der Waals surface area contributed by atoms with Crippen molar-refractivity contribution in [3.8, 4) is 0 Å². The molecule has 0 unspecified atom stereocenters. The standard InChI is InChI=1S/C10H12N2.2C10H9N.C10H8.C10H10.C9H10N2.C9H7NO.C9H9NS.2C9H9N.C8H7NS.C2H6.W/c1-7-8(2)12(3)10-9(7)5-4-6-11-10;1-8-10-5-3-2-4-9(10)6-7-11-8;1-8-6-7-9-4-2-3-5-10(9)11-8;1-2-6-10-8-4-3-7-9(10)5-1;1-3-9(2)10-7-5-4-6-8-10;1-7-8(2)11-6-4-3-5-9(11)10-7;11-9-6-5-7-3-1-2-4-8(7)10-9;1-7-10(2)8-5-3-4-6-9(8)11-7;1-7-9-5-3-2-4-8(9)6-10-7;1-7-6-10-9-5-3-2-4-8(7)9;1-6-9-7-4-2-3-5-8(7)10-6;1-2;/h4-6H,1-3H3;2*2-7H,1H3;1-8H;4-7H,1-2H3;3-6H,1-2H3;1-6H,(H,10,11);3-6H,1H2,2H3;2*2-5H,6H2,1H3;2-5H,1H3;1-2H3;/q;;;;-2;;;;;;;;+2. The van der Waals surface area contributed by atoms with Gasteiger partial charge in [0.05, 0.1) is 55.6 Å². The third kappa shape index (κ3) is 25.5. The van der Waals surface area contributed by atoms with E-state index < -0.39 is 0 Å². The molecule has 0 atom stereocenters. The SMILES string of the molecule is C=C1Sc2ccccc2N1C.CC.CC1=NCc2ccccc21.CC1=c2ccccc2=NC1.C[C-]=C(C)c1[c-]cccc1.Cc1c(C)n(C)c2ncccc12.Cc1ccc2ccccc2n1.Cc1nc2ccccc2s1.Cc1nc2ccccn2c1C.Cc1nccc2ccccc12.O=c1ccc2ccccc2[nH]1.[W+2].c1ccc2ccccc2c1. The molecule has 10 aromatic carbocycles. The molecule has 11 heterocycles. The molecule has 0 bridgehead atoms. The number of thiazole rings is 1. The summed E-state index contributed by atoms with van der Waals surface area (Å²) in [6, 6.07) is 105. The molecular formula is C105H105N11OS2W. The Morgan fingerprint density at radius 3 is 1.80 bits per heavy atom. The van der Waals surface area contributed by atoms with E-state index in [2.05, 4.69) is 266 Å². The van der Waals surface area contributed by atoms with Gasteiger partial charge >= 0.3 is 21.1 Å². The molecule has 604 valence electrons. The Balaban J connectivity index is 0.000000150.